The first-order valence-electron chi connectivity index (χ1n) is 8.52. The molecule has 0 saturated heterocycles. The van der Waals surface area contributed by atoms with Crippen LogP contribution < -0.4 is 16.4 Å². The van der Waals surface area contributed by atoms with Crippen molar-refractivity contribution in [2.75, 3.05) is 5.32 Å². The molecule has 3 rings (SSSR count). The molecule has 0 heterocycles. The number of hydrogen-bond acceptors (Lipinski definition) is 3. The fourth-order valence-corrected chi connectivity index (χ4v) is 2.70. The fraction of sp³-hybridized carbons (Fsp3) is 0.250. The summed E-state index contributed by atoms with van der Waals surface area (Å²) >= 11 is 0. The monoisotopic (exact) mass is 351 g/mol. The molecule has 3 amide bonds. The standard InChI is InChI=1S/C20H21N3O3/c1-12-10-17(12)20(26)23-16-8-6-15(7-9-16)19(25)22-11-13-2-4-14(5-3-13)18(21)24/h2-9,12,17H,10-11H2,1H3,(H2,21,24)(H,22,25)(H,23,26)/t12-,17-/m1/s1. The summed E-state index contributed by atoms with van der Waals surface area (Å²) in [5, 5.41) is 5.68. The molecule has 1 saturated carbocycles. The molecular weight excluding hydrogens is 330 g/mol. The van der Waals surface area contributed by atoms with Gasteiger partial charge in [-0.1, -0.05) is 19.1 Å². The second-order valence-electron chi connectivity index (χ2n) is 6.63. The molecule has 2 aromatic rings. The number of carbonyl (C=O) groups excluding carboxylic acids is 3. The van der Waals surface area contributed by atoms with Gasteiger partial charge in [-0.3, -0.25) is 14.4 Å². The molecule has 0 aromatic heterocycles. The molecule has 1 aliphatic rings. The summed E-state index contributed by atoms with van der Waals surface area (Å²) in [5.74, 6) is -0.0910. The van der Waals surface area contributed by atoms with E-state index in [1.165, 1.54) is 0 Å². The van der Waals surface area contributed by atoms with Gasteiger partial charge in [0.2, 0.25) is 11.8 Å². The van der Waals surface area contributed by atoms with E-state index in [0.717, 1.165) is 12.0 Å². The van der Waals surface area contributed by atoms with Gasteiger partial charge in [0.15, 0.2) is 0 Å². The van der Waals surface area contributed by atoms with Crippen LogP contribution in [0, 0.1) is 11.8 Å². The zero-order chi connectivity index (χ0) is 18.7. The lowest BCUT2D eigenvalue weighted by Gasteiger charge is -2.08. The van der Waals surface area contributed by atoms with Crippen LogP contribution in [0.4, 0.5) is 5.69 Å². The van der Waals surface area contributed by atoms with Crippen molar-refractivity contribution in [3.63, 3.8) is 0 Å². The van der Waals surface area contributed by atoms with Crippen molar-refractivity contribution in [1.82, 2.24) is 5.32 Å². The van der Waals surface area contributed by atoms with E-state index in [9.17, 15) is 14.4 Å². The molecule has 0 unspecified atom stereocenters. The second-order valence-corrected chi connectivity index (χ2v) is 6.63. The highest BCUT2D eigenvalue weighted by Crippen LogP contribution is 2.38. The Hall–Kier alpha value is -3.15. The van der Waals surface area contributed by atoms with Crippen molar-refractivity contribution >= 4 is 23.4 Å². The van der Waals surface area contributed by atoms with Gasteiger partial charge in [0.25, 0.3) is 5.91 Å². The molecule has 26 heavy (non-hydrogen) atoms. The second kappa shape index (κ2) is 7.39. The lowest BCUT2D eigenvalue weighted by Crippen LogP contribution is -2.23. The van der Waals surface area contributed by atoms with Crippen LogP contribution in [0.25, 0.3) is 0 Å². The van der Waals surface area contributed by atoms with Crippen molar-refractivity contribution in [2.24, 2.45) is 17.6 Å². The molecule has 134 valence electrons. The third-order valence-corrected chi connectivity index (χ3v) is 4.55. The van der Waals surface area contributed by atoms with E-state index in [4.69, 9.17) is 5.73 Å². The summed E-state index contributed by atoms with van der Waals surface area (Å²) in [6.45, 7) is 2.40. The van der Waals surface area contributed by atoms with Crippen LogP contribution in [0.15, 0.2) is 48.5 Å². The van der Waals surface area contributed by atoms with Crippen molar-refractivity contribution in [1.29, 1.82) is 0 Å². The van der Waals surface area contributed by atoms with Gasteiger partial charge in [-0.15, -0.1) is 0 Å². The number of benzene rings is 2. The maximum absolute atomic E-state index is 12.2. The molecule has 2 aromatic carbocycles. The number of amides is 3. The summed E-state index contributed by atoms with van der Waals surface area (Å²) < 4.78 is 0. The highest BCUT2D eigenvalue weighted by molar-refractivity contribution is 5.97. The van der Waals surface area contributed by atoms with Crippen LogP contribution in [0.5, 0.6) is 0 Å². The average molecular weight is 351 g/mol. The smallest absolute Gasteiger partial charge is 0.251 e. The molecule has 0 bridgehead atoms. The van der Waals surface area contributed by atoms with Gasteiger partial charge >= 0.3 is 0 Å². The average Bonchev–Trinajstić information content (AvgIpc) is 3.37. The van der Waals surface area contributed by atoms with Crippen LogP contribution in [0.3, 0.4) is 0 Å². The van der Waals surface area contributed by atoms with E-state index < -0.39 is 5.91 Å². The number of nitrogens with one attached hydrogen (secondary N) is 2. The van der Waals surface area contributed by atoms with Crippen molar-refractivity contribution in [2.45, 2.75) is 19.9 Å². The Morgan fingerprint density at radius 3 is 2.12 bits per heavy atom. The zero-order valence-corrected chi connectivity index (χ0v) is 14.5. The summed E-state index contributed by atoms with van der Waals surface area (Å²) in [6.07, 6.45) is 0.937. The number of hydrogen-bond donors (Lipinski definition) is 3. The first-order chi connectivity index (χ1) is 12.4. The lowest BCUT2D eigenvalue weighted by molar-refractivity contribution is -0.117. The van der Waals surface area contributed by atoms with E-state index in [1.54, 1.807) is 48.5 Å². The van der Waals surface area contributed by atoms with E-state index in [-0.39, 0.29) is 17.7 Å². The Balaban J connectivity index is 1.52. The predicted molar refractivity (Wildman–Crippen MR) is 98.5 cm³/mol. The molecule has 6 heteroatoms. The minimum atomic E-state index is -0.482. The maximum Gasteiger partial charge on any atom is 0.251 e. The first kappa shape index (κ1) is 17.7. The minimum Gasteiger partial charge on any atom is -0.366 e. The Morgan fingerprint density at radius 1 is 1.00 bits per heavy atom. The predicted octanol–water partition coefficient (Wildman–Crippen LogP) is 2.31. The number of anilines is 1. The topological polar surface area (TPSA) is 101 Å². The Bertz CT molecular complexity index is 828. The molecule has 0 aliphatic heterocycles. The van der Waals surface area contributed by atoms with E-state index >= 15 is 0 Å². The van der Waals surface area contributed by atoms with Crippen LogP contribution in [-0.4, -0.2) is 17.7 Å². The quantitative estimate of drug-likeness (QED) is 0.744. The third-order valence-electron chi connectivity index (χ3n) is 4.55. The molecule has 1 fully saturated rings. The lowest BCUT2D eigenvalue weighted by atomic mass is 10.1. The van der Waals surface area contributed by atoms with Gasteiger partial charge in [0, 0.05) is 29.3 Å². The normalized spacial score (nSPS) is 18.0. The van der Waals surface area contributed by atoms with Crippen LogP contribution in [-0.2, 0) is 11.3 Å². The van der Waals surface area contributed by atoms with Crippen molar-refractivity contribution < 1.29 is 14.4 Å². The largest absolute Gasteiger partial charge is 0.366 e. The highest BCUT2D eigenvalue weighted by atomic mass is 16.2. The minimum absolute atomic E-state index is 0.0362. The van der Waals surface area contributed by atoms with Crippen molar-refractivity contribution in [3.8, 4) is 0 Å². The van der Waals surface area contributed by atoms with Crippen molar-refractivity contribution in [3.05, 3.63) is 65.2 Å². The SMILES string of the molecule is C[C@@H]1C[C@H]1C(=O)Nc1ccc(C(=O)NCc2ccc(C(N)=O)cc2)cc1. The number of nitrogens with two attached hydrogens (primary N) is 1. The van der Waals surface area contributed by atoms with E-state index in [1.807, 2.05) is 0 Å². The summed E-state index contributed by atoms with van der Waals surface area (Å²) in [5.41, 5.74) is 7.69. The number of carbonyl (C=O) groups is 3. The first-order valence-corrected chi connectivity index (χ1v) is 8.52. The van der Waals surface area contributed by atoms with Gasteiger partial charge in [-0.05, 0) is 54.3 Å². The maximum atomic E-state index is 12.2. The van der Waals surface area contributed by atoms with Gasteiger partial charge in [-0.25, -0.2) is 0 Å². The molecule has 0 radical (unpaired) electrons. The third kappa shape index (κ3) is 4.27. The zero-order valence-electron chi connectivity index (χ0n) is 14.5. The van der Waals surface area contributed by atoms with Gasteiger partial charge in [0.1, 0.15) is 0 Å². The molecule has 2 atom stereocenters. The summed E-state index contributed by atoms with van der Waals surface area (Å²) in [7, 11) is 0. The van der Waals surface area contributed by atoms with Crippen LogP contribution in [0.2, 0.25) is 0 Å². The number of rotatable bonds is 6. The van der Waals surface area contributed by atoms with Gasteiger partial charge < -0.3 is 16.4 Å². The highest BCUT2D eigenvalue weighted by Gasteiger charge is 2.39. The Morgan fingerprint density at radius 2 is 1.58 bits per heavy atom. The fourth-order valence-electron chi connectivity index (χ4n) is 2.70. The van der Waals surface area contributed by atoms with Gasteiger partial charge in [-0.2, -0.15) is 0 Å². The molecule has 1 aliphatic carbocycles. The molecule has 4 N–H and O–H groups in total. The van der Waals surface area contributed by atoms with Crippen LogP contribution >= 0.6 is 0 Å². The molecule has 6 nitrogen and oxygen atoms in total. The van der Waals surface area contributed by atoms with E-state index in [0.29, 0.717) is 29.3 Å². The van der Waals surface area contributed by atoms with Gasteiger partial charge in [0.05, 0.1) is 0 Å². The molecular formula is C20H21N3O3. The summed E-state index contributed by atoms with van der Waals surface area (Å²) in [4.78, 5) is 35.2. The van der Waals surface area contributed by atoms with E-state index in [2.05, 4.69) is 17.6 Å². The Kier molecular flexibility index (Phi) is 5.02. The summed E-state index contributed by atoms with van der Waals surface area (Å²) in [6, 6.07) is 13.6. The Labute approximate surface area is 151 Å². The van der Waals surface area contributed by atoms with Crippen LogP contribution in [0.1, 0.15) is 39.6 Å². The number of primary amides is 1. The molecule has 0 spiro atoms.